The van der Waals surface area contributed by atoms with Gasteiger partial charge in [0.05, 0.1) is 17.1 Å². The largest absolute Gasteiger partial charge is 0.477 e. The minimum absolute atomic E-state index is 0.0436. The Morgan fingerprint density at radius 1 is 1.63 bits per heavy atom. The van der Waals surface area contributed by atoms with Gasteiger partial charge in [0.25, 0.3) is 0 Å². The number of hydrogen-bond donors (Lipinski definition) is 2. The summed E-state index contributed by atoms with van der Waals surface area (Å²) >= 11 is 0. The van der Waals surface area contributed by atoms with E-state index in [1.807, 2.05) is 6.92 Å². The first-order chi connectivity index (χ1) is 8.91. The van der Waals surface area contributed by atoms with E-state index < -0.39 is 16.4 Å². The molecule has 1 aliphatic heterocycles. The van der Waals surface area contributed by atoms with E-state index in [1.165, 1.54) is 0 Å². The minimum Gasteiger partial charge on any atom is -0.477 e. The highest BCUT2D eigenvalue weighted by molar-refractivity contribution is 5.86. The highest BCUT2D eigenvalue weighted by Crippen LogP contribution is 2.29. The van der Waals surface area contributed by atoms with Gasteiger partial charge in [-0.3, -0.25) is 10.1 Å². The molecular weight excluding hydrogens is 254 g/mol. The fourth-order valence-corrected chi connectivity index (χ4v) is 1.86. The van der Waals surface area contributed by atoms with Crippen LogP contribution in [0.3, 0.4) is 0 Å². The molecule has 0 amide bonds. The first-order valence-corrected chi connectivity index (χ1v) is 5.66. The number of carboxylic acid groups (broad SMARTS) is 1. The zero-order valence-electron chi connectivity index (χ0n) is 10.3. The van der Waals surface area contributed by atoms with Crippen LogP contribution in [-0.2, 0) is 4.74 Å². The van der Waals surface area contributed by atoms with Crippen molar-refractivity contribution in [1.82, 2.24) is 4.98 Å². The van der Waals surface area contributed by atoms with Gasteiger partial charge in [0.1, 0.15) is 0 Å². The zero-order chi connectivity index (χ0) is 14.0. The molecule has 0 aromatic carbocycles. The number of hydrogen-bond acceptors (Lipinski definition) is 6. The number of carboxylic acids is 1. The molecule has 19 heavy (non-hydrogen) atoms. The van der Waals surface area contributed by atoms with Gasteiger partial charge in [-0.25, -0.2) is 9.78 Å². The van der Waals surface area contributed by atoms with Crippen LogP contribution in [0.2, 0.25) is 0 Å². The number of anilines is 1. The number of rotatable bonds is 4. The molecule has 1 unspecified atom stereocenters. The highest BCUT2D eigenvalue weighted by Gasteiger charge is 2.32. The summed E-state index contributed by atoms with van der Waals surface area (Å²) in [5.74, 6) is -1.27. The van der Waals surface area contributed by atoms with Crippen molar-refractivity contribution in [3.05, 3.63) is 27.9 Å². The van der Waals surface area contributed by atoms with Gasteiger partial charge in [0.2, 0.25) is 5.82 Å². The van der Waals surface area contributed by atoms with Crippen molar-refractivity contribution < 1.29 is 19.6 Å². The number of pyridine rings is 1. The minimum atomic E-state index is -1.23. The second-order valence-corrected chi connectivity index (χ2v) is 4.61. The molecule has 1 aromatic rings. The maximum Gasteiger partial charge on any atom is 0.354 e. The Hall–Kier alpha value is -2.22. The second kappa shape index (κ2) is 4.81. The number of carbonyl (C=O) groups is 1. The van der Waals surface area contributed by atoms with Crippen LogP contribution in [-0.4, -0.2) is 39.7 Å². The Labute approximate surface area is 108 Å². The standard InChI is InChI=1S/C11H13N3O5/c1-11(4-5-19-6-11)13-9-8(14(17)18)3-2-7(12-9)10(15)16/h2-3H,4-6H2,1H3,(H,12,13)(H,15,16). The summed E-state index contributed by atoms with van der Waals surface area (Å²) in [6.07, 6.45) is 0.670. The van der Waals surface area contributed by atoms with Gasteiger partial charge >= 0.3 is 11.7 Å². The van der Waals surface area contributed by atoms with Gasteiger partial charge in [0.15, 0.2) is 5.69 Å². The Balaban J connectivity index is 2.37. The van der Waals surface area contributed by atoms with Gasteiger partial charge in [0, 0.05) is 12.7 Å². The molecule has 1 aromatic heterocycles. The molecule has 2 N–H and O–H groups in total. The molecule has 8 heteroatoms. The van der Waals surface area contributed by atoms with Crippen LogP contribution >= 0.6 is 0 Å². The Bertz CT molecular complexity index is 525. The van der Waals surface area contributed by atoms with E-state index in [-0.39, 0.29) is 17.2 Å². The SMILES string of the molecule is CC1(Nc2nc(C(=O)O)ccc2[N+](=O)[O-])CCOC1. The lowest BCUT2D eigenvalue weighted by atomic mass is 10.0. The summed E-state index contributed by atoms with van der Waals surface area (Å²) in [5, 5.41) is 22.7. The van der Waals surface area contributed by atoms with Crippen LogP contribution in [0.25, 0.3) is 0 Å². The summed E-state index contributed by atoms with van der Waals surface area (Å²) in [5.41, 5.74) is -0.969. The van der Waals surface area contributed by atoms with Crippen molar-refractivity contribution in [2.75, 3.05) is 18.5 Å². The average molecular weight is 267 g/mol. The fourth-order valence-electron chi connectivity index (χ4n) is 1.86. The number of nitro groups is 1. The maximum absolute atomic E-state index is 10.9. The molecule has 1 atom stereocenters. The Morgan fingerprint density at radius 3 is 2.89 bits per heavy atom. The van der Waals surface area contributed by atoms with E-state index in [0.29, 0.717) is 19.6 Å². The molecule has 0 saturated carbocycles. The highest BCUT2D eigenvalue weighted by atomic mass is 16.6. The van der Waals surface area contributed by atoms with Crippen LogP contribution in [0.15, 0.2) is 12.1 Å². The van der Waals surface area contributed by atoms with E-state index in [9.17, 15) is 14.9 Å². The van der Waals surface area contributed by atoms with Gasteiger partial charge in [-0.1, -0.05) is 0 Å². The predicted molar refractivity (Wildman–Crippen MR) is 65.3 cm³/mol. The van der Waals surface area contributed by atoms with E-state index in [2.05, 4.69) is 10.3 Å². The van der Waals surface area contributed by atoms with Gasteiger partial charge in [-0.05, 0) is 19.4 Å². The quantitative estimate of drug-likeness (QED) is 0.623. The van der Waals surface area contributed by atoms with E-state index in [0.717, 1.165) is 12.1 Å². The van der Waals surface area contributed by atoms with Gasteiger partial charge < -0.3 is 15.2 Å². The lowest BCUT2D eigenvalue weighted by Gasteiger charge is -2.23. The van der Waals surface area contributed by atoms with Crippen LogP contribution in [0.1, 0.15) is 23.8 Å². The van der Waals surface area contributed by atoms with Crippen molar-refractivity contribution >= 4 is 17.5 Å². The Kier molecular flexibility index (Phi) is 3.34. The molecule has 0 spiro atoms. The molecule has 1 fully saturated rings. The number of nitrogens with one attached hydrogen (secondary N) is 1. The van der Waals surface area contributed by atoms with Crippen molar-refractivity contribution in [2.24, 2.45) is 0 Å². The zero-order valence-corrected chi connectivity index (χ0v) is 10.3. The average Bonchev–Trinajstić information content (AvgIpc) is 2.75. The number of aromatic nitrogens is 1. The molecule has 0 radical (unpaired) electrons. The Morgan fingerprint density at radius 2 is 2.37 bits per heavy atom. The first kappa shape index (κ1) is 13.2. The number of ether oxygens (including phenoxy) is 1. The lowest BCUT2D eigenvalue weighted by molar-refractivity contribution is -0.384. The van der Waals surface area contributed by atoms with E-state index in [1.54, 1.807) is 0 Å². The molecule has 1 aliphatic rings. The van der Waals surface area contributed by atoms with Crippen LogP contribution in [0, 0.1) is 10.1 Å². The molecular formula is C11H13N3O5. The lowest BCUT2D eigenvalue weighted by Crippen LogP contribution is -2.35. The molecule has 102 valence electrons. The molecule has 0 aliphatic carbocycles. The van der Waals surface area contributed by atoms with Crippen molar-refractivity contribution in [3.63, 3.8) is 0 Å². The van der Waals surface area contributed by atoms with Crippen LogP contribution in [0.5, 0.6) is 0 Å². The topological polar surface area (TPSA) is 115 Å². The molecule has 2 heterocycles. The number of aromatic carboxylic acids is 1. The van der Waals surface area contributed by atoms with E-state index in [4.69, 9.17) is 9.84 Å². The fraction of sp³-hybridized carbons (Fsp3) is 0.455. The summed E-state index contributed by atoms with van der Waals surface area (Å²) in [6.45, 7) is 2.79. The third-order valence-corrected chi connectivity index (χ3v) is 2.93. The van der Waals surface area contributed by atoms with Crippen molar-refractivity contribution in [3.8, 4) is 0 Å². The predicted octanol–water partition coefficient (Wildman–Crippen LogP) is 1.28. The monoisotopic (exact) mass is 267 g/mol. The van der Waals surface area contributed by atoms with Crippen LogP contribution in [0.4, 0.5) is 11.5 Å². The van der Waals surface area contributed by atoms with Gasteiger partial charge in [-0.15, -0.1) is 0 Å². The number of nitrogens with zero attached hydrogens (tertiary/aromatic N) is 2. The van der Waals surface area contributed by atoms with E-state index >= 15 is 0 Å². The summed E-state index contributed by atoms with van der Waals surface area (Å²) in [4.78, 5) is 25.0. The van der Waals surface area contributed by atoms with Crippen LogP contribution < -0.4 is 5.32 Å². The molecule has 8 nitrogen and oxygen atoms in total. The summed E-state index contributed by atoms with van der Waals surface area (Å²) < 4.78 is 5.23. The van der Waals surface area contributed by atoms with Gasteiger partial charge in [-0.2, -0.15) is 0 Å². The van der Waals surface area contributed by atoms with Crippen molar-refractivity contribution in [1.29, 1.82) is 0 Å². The normalized spacial score (nSPS) is 22.2. The summed E-state index contributed by atoms with van der Waals surface area (Å²) in [6, 6.07) is 2.25. The summed E-state index contributed by atoms with van der Waals surface area (Å²) in [7, 11) is 0. The third kappa shape index (κ3) is 2.79. The third-order valence-electron chi connectivity index (χ3n) is 2.93. The first-order valence-electron chi connectivity index (χ1n) is 5.66. The molecule has 0 bridgehead atoms. The second-order valence-electron chi connectivity index (χ2n) is 4.61. The smallest absolute Gasteiger partial charge is 0.354 e. The molecule has 2 rings (SSSR count). The van der Waals surface area contributed by atoms with Crippen molar-refractivity contribution in [2.45, 2.75) is 18.9 Å². The maximum atomic E-state index is 10.9. The molecule has 1 saturated heterocycles.